The molecule has 2 atom stereocenters. The second kappa shape index (κ2) is 8.78. The van der Waals surface area contributed by atoms with Gasteiger partial charge < -0.3 is 9.47 Å². The van der Waals surface area contributed by atoms with Crippen molar-refractivity contribution in [3.05, 3.63) is 60.2 Å². The van der Waals surface area contributed by atoms with Gasteiger partial charge in [0.15, 0.2) is 11.5 Å². The second-order valence-corrected chi connectivity index (χ2v) is 7.93. The lowest BCUT2D eigenvalue weighted by atomic mass is 9.86. The maximum absolute atomic E-state index is 12.8. The number of hydrogen-bond acceptors (Lipinski definition) is 4. The maximum Gasteiger partial charge on any atom is 0.161 e. The van der Waals surface area contributed by atoms with E-state index in [1.165, 1.54) is 18.4 Å². The first-order valence-corrected chi connectivity index (χ1v) is 10.3. The minimum Gasteiger partial charge on any atom is -0.493 e. The fourth-order valence-corrected chi connectivity index (χ4v) is 4.79. The third kappa shape index (κ3) is 4.22. The predicted octanol–water partition coefficient (Wildman–Crippen LogP) is 4.48. The second-order valence-electron chi connectivity index (χ2n) is 7.93. The van der Waals surface area contributed by atoms with Crippen molar-refractivity contribution in [2.45, 2.75) is 50.7 Å². The van der Waals surface area contributed by atoms with Gasteiger partial charge in [0.05, 0.1) is 13.7 Å². The first-order valence-electron chi connectivity index (χ1n) is 10.3. The zero-order chi connectivity index (χ0) is 19.3. The van der Waals surface area contributed by atoms with Crippen molar-refractivity contribution in [1.82, 2.24) is 4.90 Å². The topological polar surface area (TPSA) is 38.8 Å². The molecule has 2 fully saturated rings. The van der Waals surface area contributed by atoms with Crippen molar-refractivity contribution in [1.29, 1.82) is 0 Å². The molecule has 4 rings (SSSR count). The van der Waals surface area contributed by atoms with Gasteiger partial charge in [-0.2, -0.15) is 0 Å². The third-order valence-corrected chi connectivity index (χ3v) is 6.22. The molecule has 0 amide bonds. The molecule has 4 heteroatoms. The fraction of sp³-hybridized carbons (Fsp3) is 0.458. The highest BCUT2D eigenvalue weighted by atomic mass is 16.5. The van der Waals surface area contributed by atoms with E-state index in [9.17, 15) is 4.79 Å². The maximum atomic E-state index is 12.8. The summed E-state index contributed by atoms with van der Waals surface area (Å²) in [5.74, 6) is 1.95. The number of para-hydroxylation sites is 2. The Bertz CT molecular complexity index is 777. The van der Waals surface area contributed by atoms with E-state index < -0.39 is 0 Å². The van der Waals surface area contributed by atoms with Gasteiger partial charge in [0, 0.05) is 31.0 Å². The summed E-state index contributed by atoms with van der Waals surface area (Å²) in [7, 11) is 1.63. The molecule has 2 aromatic carbocycles. The van der Waals surface area contributed by atoms with Gasteiger partial charge in [-0.25, -0.2) is 0 Å². The molecule has 2 aliphatic heterocycles. The standard InChI is InChI=1S/C24H29NO3/c1-27-23-9-5-6-10-24(23)28-14-13-22(26)19-15-20-11-12-21(16-19)25(20)17-18-7-3-2-4-8-18/h2-10,19-21H,11-17H2,1H3. The molecule has 148 valence electrons. The Balaban J connectivity index is 1.29. The number of piperidine rings is 1. The van der Waals surface area contributed by atoms with Crippen LogP contribution in [-0.4, -0.2) is 36.5 Å². The lowest BCUT2D eigenvalue weighted by Gasteiger charge is -2.38. The number of hydrogen-bond donors (Lipinski definition) is 0. The summed E-state index contributed by atoms with van der Waals surface area (Å²) in [6.45, 7) is 1.42. The number of Topliss-reactive ketones (excluding diaryl/α,β-unsaturated/α-hetero) is 1. The van der Waals surface area contributed by atoms with Crippen LogP contribution < -0.4 is 9.47 Å². The summed E-state index contributed by atoms with van der Waals surface area (Å²) in [5.41, 5.74) is 1.37. The van der Waals surface area contributed by atoms with Crippen LogP contribution in [0.2, 0.25) is 0 Å². The number of benzene rings is 2. The van der Waals surface area contributed by atoms with Crippen LogP contribution in [0.15, 0.2) is 54.6 Å². The van der Waals surface area contributed by atoms with E-state index in [4.69, 9.17) is 9.47 Å². The summed E-state index contributed by atoms with van der Waals surface area (Å²) in [6, 6.07) is 19.3. The molecule has 2 unspecified atom stereocenters. The van der Waals surface area contributed by atoms with Crippen LogP contribution in [-0.2, 0) is 11.3 Å². The third-order valence-electron chi connectivity index (χ3n) is 6.22. The molecule has 0 spiro atoms. The number of rotatable bonds is 8. The van der Waals surface area contributed by atoms with Gasteiger partial charge >= 0.3 is 0 Å². The van der Waals surface area contributed by atoms with Crippen LogP contribution in [0.4, 0.5) is 0 Å². The van der Waals surface area contributed by atoms with Crippen LogP contribution in [0.3, 0.4) is 0 Å². The van der Waals surface area contributed by atoms with Gasteiger partial charge in [-0.15, -0.1) is 0 Å². The van der Waals surface area contributed by atoms with Gasteiger partial charge in [0.25, 0.3) is 0 Å². The molecular weight excluding hydrogens is 350 g/mol. The van der Waals surface area contributed by atoms with Gasteiger partial charge in [0.1, 0.15) is 5.78 Å². The number of carbonyl (C=O) groups excluding carboxylic acids is 1. The van der Waals surface area contributed by atoms with Crippen LogP contribution >= 0.6 is 0 Å². The van der Waals surface area contributed by atoms with Crippen molar-refractivity contribution in [2.24, 2.45) is 5.92 Å². The van der Waals surface area contributed by atoms with Gasteiger partial charge in [0.2, 0.25) is 0 Å². The Morgan fingerprint density at radius 3 is 2.29 bits per heavy atom. The largest absolute Gasteiger partial charge is 0.493 e. The average Bonchev–Trinajstić information content (AvgIpc) is 2.96. The van der Waals surface area contributed by atoms with Crippen molar-refractivity contribution in [3.63, 3.8) is 0 Å². The highest BCUT2D eigenvalue weighted by molar-refractivity contribution is 5.81. The van der Waals surface area contributed by atoms with E-state index in [0.717, 1.165) is 19.4 Å². The zero-order valence-electron chi connectivity index (χ0n) is 16.5. The van der Waals surface area contributed by atoms with Crippen molar-refractivity contribution in [2.75, 3.05) is 13.7 Å². The molecule has 2 aliphatic rings. The Kier molecular flexibility index (Phi) is 5.96. The van der Waals surface area contributed by atoms with E-state index in [1.54, 1.807) is 7.11 Å². The molecule has 0 aliphatic carbocycles. The Morgan fingerprint density at radius 2 is 1.61 bits per heavy atom. The monoisotopic (exact) mass is 379 g/mol. The summed E-state index contributed by atoms with van der Waals surface area (Å²) >= 11 is 0. The number of carbonyl (C=O) groups is 1. The van der Waals surface area contributed by atoms with Crippen LogP contribution in [0.1, 0.15) is 37.7 Å². The summed E-state index contributed by atoms with van der Waals surface area (Å²) < 4.78 is 11.1. The fourth-order valence-electron chi connectivity index (χ4n) is 4.79. The summed E-state index contributed by atoms with van der Waals surface area (Å²) in [6.07, 6.45) is 4.91. The number of fused-ring (bicyclic) bond motifs is 2. The zero-order valence-corrected chi connectivity index (χ0v) is 16.5. The number of ether oxygens (including phenoxy) is 2. The van der Waals surface area contributed by atoms with Crippen LogP contribution in [0.25, 0.3) is 0 Å². The molecule has 2 aromatic rings. The van der Waals surface area contributed by atoms with E-state index in [0.29, 0.717) is 42.4 Å². The molecular formula is C24H29NO3. The highest BCUT2D eigenvalue weighted by Gasteiger charge is 2.42. The molecule has 2 bridgehead atoms. The Morgan fingerprint density at radius 1 is 0.964 bits per heavy atom. The lowest BCUT2D eigenvalue weighted by Crippen LogP contribution is -2.44. The minimum atomic E-state index is 0.186. The van der Waals surface area contributed by atoms with Crippen LogP contribution in [0, 0.1) is 5.92 Å². The minimum absolute atomic E-state index is 0.186. The molecule has 0 saturated carbocycles. The lowest BCUT2D eigenvalue weighted by molar-refractivity contribution is -0.125. The van der Waals surface area contributed by atoms with E-state index >= 15 is 0 Å². The number of ketones is 1. The smallest absolute Gasteiger partial charge is 0.161 e. The Labute approximate surface area is 167 Å². The summed E-state index contributed by atoms with van der Waals surface area (Å²) in [4.78, 5) is 15.4. The quantitative estimate of drug-likeness (QED) is 0.678. The van der Waals surface area contributed by atoms with E-state index in [-0.39, 0.29) is 5.92 Å². The van der Waals surface area contributed by atoms with Gasteiger partial charge in [-0.05, 0) is 43.4 Å². The van der Waals surface area contributed by atoms with Crippen molar-refractivity contribution in [3.8, 4) is 11.5 Å². The highest BCUT2D eigenvalue weighted by Crippen LogP contribution is 2.40. The van der Waals surface area contributed by atoms with Crippen molar-refractivity contribution < 1.29 is 14.3 Å². The molecule has 0 radical (unpaired) electrons. The average molecular weight is 380 g/mol. The molecule has 2 saturated heterocycles. The number of methoxy groups -OCH3 is 1. The molecule has 2 heterocycles. The molecule has 28 heavy (non-hydrogen) atoms. The predicted molar refractivity (Wildman–Crippen MR) is 110 cm³/mol. The molecule has 4 nitrogen and oxygen atoms in total. The number of nitrogens with zero attached hydrogens (tertiary/aromatic N) is 1. The van der Waals surface area contributed by atoms with E-state index in [1.807, 2.05) is 24.3 Å². The van der Waals surface area contributed by atoms with E-state index in [2.05, 4.69) is 35.2 Å². The van der Waals surface area contributed by atoms with Gasteiger partial charge in [-0.3, -0.25) is 9.69 Å². The summed E-state index contributed by atoms with van der Waals surface area (Å²) in [5, 5.41) is 0. The molecule has 0 N–H and O–H groups in total. The van der Waals surface area contributed by atoms with Crippen molar-refractivity contribution >= 4 is 5.78 Å². The van der Waals surface area contributed by atoms with Crippen LogP contribution in [0.5, 0.6) is 11.5 Å². The Hall–Kier alpha value is -2.33. The van der Waals surface area contributed by atoms with Gasteiger partial charge in [-0.1, -0.05) is 42.5 Å². The first kappa shape index (κ1) is 19.0. The molecule has 0 aromatic heterocycles. The first-order chi connectivity index (χ1) is 13.7. The normalized spacial score (nSPS) is 24.1. The SMILES string of the molecule is COc1ccccc1OCCC(=O)C1CC2CCC(C1)N2Cc1ccccc1.